The Hall–Kier alpha value is -1.74. The fraction of sp³-hybridized carbons (Fsp3) is 0.188. The second-order valence-corrected chi connectivity index (χ2v) is 5.18. The normalized spacial score (nSPS) is 10.7. The van der Waals surface area contributed by atoms with Crippen LogP contribution >= 0.6 is 11.6 Å². The van der Waals surface area contributed by atoms with Crippen molar-refractivity contribution in [3.8, 4) is 0 Å². The van der Waals surface area contributed by atoms with E-state index in [-0.39, 0.29) is 17.5 Å². The monoisotopic (exact) mass is 294 g/mol. The maximum atomic E-state index is 13.7. The molecule has 0 aromatic heterocycles. The third kappa shape index (κ3) is 3.05. The zero-order chi connectivity index (χ0) is 14.9. The van der Waals surface area contributed by atoms with Crippen LogP contribution in [-0.4, -0.2) is 5.78 Å². The van der Waals surface area contributed by atoms with Gasteiger partial charge in [0.25, 0.3) is 0 Å². The summed E-state index contributed by atoms with van der Waals surface area (Å²) in [5.74, 6) is -1.93. The molecule has 20 heavy (non-hydrogen) atoms. The third-order valence-corrected chi connectivity index (χ3v) is 3.46. The van der Waals surface area contributed by atoms with Crippen LogP contribution in [0.2, 0.25) is 5.02 Å². The number of carbonyl (C=O) groups excluding carboxylic acids is 1. The maximum Gasteiger partial charge on any atom is 0.170 e. The van der Waals surface area contributed by atoms with Gasteiger partial charge in [-0.15, -0.1) is 0 Å². The highest BCUT2D eigenvalue weighted by Gasteiger charge is 2.16. The molecule has 0 spiro atoms. The number of hydrogen-bond acceptors (Lipinski definition) is 1. The van der Waals surface area contributed by atoms with Gasteiger partial charge < -0.3 is 0 Å². The van der Waals surface area contributed by atoms with E-state index in [0.717, 1.165) is 11.6 Å². The van der Waals surface area contributed by atoms with E-state index in [1.807, 2.05) is 13.0 Å². The standard InChI is InChI=1S/C16H13ClF2O/c1-9-3-4-11(13(17)5-9)7-16(20)12-6-10(2)14(18)8-15(12)19/h3-6,8H,7H2,1-2H3. The largest absolute Gasteiger partial charge is 0.294 e. The predicted octanol–water partition coefficient (Wildman–Crippen LogP) is 4.66. The van der Waals surface area contributed by atoms with Crippen molar-refractivity contribution in [2.75, 3.05) is 0 Å². The van der Waals surface area contributed by atoms with E-state index in [0.29, 0.717) is 10.6 Å². The van der Waals surface area contributed by atoms with E-state index < -0.39 is 17.4 Å². The summed E-state index contributed by atoms with van der Waals surface area (Å²) in [4.78, 5) is 12.1. The Morgan fingerprint density at radius 1 is 1.10 bits per heavy atom. The minimum Gasteiger partial charge on any atom is -0.294 e. The molecule has 2 aromatic rings. The van der Waals surface area contributed by atoms with E-state index in [1.165, 1.54) is 13.0 Å². The Morgan fingerprint density at radius 2 is 1.80 bits per heavy atom. The Labute approximate surface area is 121 Å². The van der Waals surface area contributed by atoms with E-state index in [2.05, 4.69) is 0 Å². The molecule has 0 N–H and O–H groups in total. The first-order chi connectivity index (χ1) is 9.38. The highest BCUT2D eigenvalue weighted by molar-refractivity contribution is 6.31. The molecule has 0 saturated carbocycles. The molecule has 104 valence electrons. The molecule has 1 nitrogen and oxygen atoms in total. The zero-order valence-corrected chi connectivity index (χ0v) is 11.9. The van der Waals surface area contributed by atoms with Gasteiger partial charge in [0.05, 0.1) is 5.56 Å². The molecule has 0 aliphatic rings. The summed E-state index contributed by atoms with van der Waals surface area (Å²) in [5.41, 5.74) is 1.74. The van der Waals surface area contributed by atoms with Crippen molar-refractivity contribution in [1.29, 1.82) is 0 Å². The molecule has 2 aromatic carbocycles. The molecule has 2 rings (SSSR count). The van der Waals surface area contributed by atoms with Crippen molar-refractivity contribution in [3.05, 3.63) is 69.2 Å². The van der Waals surface area contributed by atoms with Crippen LogP contribution in [0.15, 0.2) is 30.3 Å². The van der Waals surface area contributed by atoms with Gasteiger partial charge in [-0.25, -0.2) is 8.78 Å². The van der Waals surface area contributed by atoms with Crippen LogP contribution in [0.3, 0.4) is 0 Å². The zero-order valence-electron chi connectivity index (χ0n) is 11.1. The average molecular weight is 295 g/mol. The predicted molar refractivity (Wildman–Crippen MR) is 75.3 cm³/mol. The van der Waals surface area contributed by atoms with Crippen LogP contribution in [0.1, 0.15) is 27.0 Å². The molecule has 0 heterocycles. The summed E-state index contributed by atoms with van der Waals surface area (Å²) < 4.78 is 26.8. The lowest BCUT2D eigenvalue weighted by Gasteiger charge is -2.07. The average Bonchev–Trinajstić information content (AvgIpc) is 2.37. The van der Waals surface area contributed by atoms with Crippen molar-refractivity contribution in [2.24, 2.45) is 0 Å². The topological polar surface area (TPSA) is 17.1 Å². The molecule has 0 radical (unpaired) electrons. The fourth-order valence-corrected chi connectivity index (χ4v) is 2.24. The van der Waals surface area contributed by atoms with Crippen molar-refractivity contribution in [3.63, 3.8) is 0 Å². The molecule has 0 aliphatic carbocycles. The quantitative estimate of drug-likeness (QED) is 0.752. The summed E-state index contributed by atoms with van der Waals surface area (Å²) in [6.45, 7) is 3.38. The number of rotatable bonds is 3. The molecule has 4 heteroatoms. The third-order valence-electron chi connectivity index (χ3n) is 3.11. The smallest absolute Gasteiger partial charge is 0.170 e. The molecular weight excluding hydrogens is 282 g/mol. The van der Waals surface area contributed by atoms with E-state index in [4.69, 9.17) is 11.6 Å². The summed E-state index contributed by atoms with van der Waals surface area (Å²) in [5, 5.41) is 0.470. The number of hydrogen-bond donors (Lipinski definition) is 0. The molecule has 0 saturated heterocycles. The van der Waals surface area contributed by atoms with Gasteiger partial charge in [-0.2, -0.15) is 0 Å². The molecule has 0 atom stereocenters. The summed E-state index contributed by atoms with van der Waals surface area (Å²) in [7, 11) is 0. The second-order valence-electron chi connectivity index (χ2n) is 4.78. The van der Waals surface area contributed by atoms with Gasteiger partial charge in [-0.05, 0) is 42.7 Å². The lowest BCUT2D eigenvalue weighted by molar-refractivity contribution is 0.0989. The van der Waals surface area contributed by atoms with Crippen LogP contribution in [0.4, 0.5) is 8.78 Å². The number of Topliss-reactive ketones (excluding diaryl/α,β-unsaturated/α-hetero) is 1. The van der Waals surface area contributed by atoms with Crippen LogP contribution in [-0.2, 0) is 6.42 Å². The van der Waals surface area contributed by atoms with Gasteiger partial charge in [0, 0.05) is 17.5 Å². The summed E-state index contributed by atoms with van der Waals surface area (Å²) in [6, 6.07) is 7.29. The van der Waals surface area contributed by atoms with Gasteiger partial charge in [0.15, 0.2) is 5.78 Å². The van der Waals surface area contributed by atoms with Crippen LogP contribution < -0.4 is 0 Å². The number of benzene rings is 2. The Kier molecular flexibility index (Phi) is 4.19. The van der Waals surface area contributed by atoms with Crippen LogP contribution in [0.5, 0.6) is 0 Å². The van der Waals surface area contributed by atoms with E-state index >= 15 is 0 Å². The number of aryl methyl sites for hydroxylation is 2. The minimum absolute atomic E-state index is 0.0128. The molecule has 0 amide bonds. The molecule has 0 bridgehead atoms. The molecule has 0 fully saturated rings. The number of halogens is 3. The first-order valence-electron chi connectivity index (χ1n) is 6.12. The Balaban J connectivity index is 2.31. The van der Waals surface area contributed by atoms with Gasteiger partial charge >= 0.3 is 0 Å². The second kappa shape index (κ2) is 5.71. The molecular formula is C16H13ClF2O. The summed E-state index contributed by atoms with van der Waals surface area (Å²) >= 11 is 6.05. The van der Waals surface area contributed by atoms with Gasteiger partial charge in [0.1, 0.15) is 11.6 Å². The Morgan fingerprint density at radius 3 is 2.45 bits per heavy atom. The maximum absolute atomic E-state index is 13.7. The fourth-order valence-electron chi connectivity index (χ4n) is 1.93. The number of ketones is 1. The van der Waals surface area contributed by atoms with Crippen molar-refractivity contribution in [1.82, 2.24) is 0 Å². The lowest BCUT2D eigenvalue weighted by Crippen LogP contribution is -2.08. The highest BCUT2D eigenvalue weighted by Crippen LogP contribution is 2.21. The lowest BCUT2D eigenvalue weighted by atomic mass is 10.00. The minimum atomic E-state index is -0.846. The molecule has 0 aliphatic heterocycles. The highest BCUT2D eigenvalue weighted by atomic mass is 35.5. The molecule has 0 unspecified atom stereocenters. The van der Waals surface area contributed by atoms with Gasteiger partial charge in [-0.3, -0.25) is 4.79 Å². The summed E-state index contributed by atoms with van der Waals surface area (Å²) in [6.07, 6.45) is -0.0128. The van der Waals surface area contributed by atoms with E-state index in [1.54, 1.807) is 12.1 Å². The van der Waals surface area contributed by atoms with Gasteiger partial charge in [-0.1, -0.05) is 23.7 Å². The van der Waals surface area contributed by atoms with Crippen molar-refractivity contribution >= 4 is 17.4 Å². The first kappa shape index (κ1) is 14.7. The van der Waals surface area contributed by atoms with Crippen molar-refractivity contribution in [2.45, 2.75) is 20.3 Å². The SMILES string of the molecule is Cc1ccc(CC(=O)c2cc(C)c(F)cc2F)c(Cl)c1. The van der Waals surface area contributed by atoms with Gasteiger partial charge in [0.2, 0.25) is 0 Å². The Bertz CT molecular complexity index is 680. The number of carbonyl (C=O) groups is 1. The van der Waals surface area contributed by atoms with Crippen molar-refractivity contribution < 1.29 is 13.6 Å². The first-order valence-corrected chi connectivity index (χ1v) is 6.50. The van der Waals surface area contributed by atoms with Crippen LogP contribution in [0, 0.1) is 25.5 Å². The van der Waals surface area contributed by atoms with Crippen LogP contribution in [0.25, 0.3) is 0 Å². The van der Waals surface area contributed by atoms with E-state index in [9.17, 15) is 13.6 Å².